The first-order valence-corrected chi connectivity index (χ1v) is 9.20. The summed E-state index contributed by atoms with van der Waals surface area (Å²) in [6.45, 7) is 10.2. The van der Waals surface area contributed by atoms with E-state index in [2.05, 4.69) is 23.2 Å². The molecule has 1 amide bonds. The van der Waals surface area contributed by atoms with Gasteiger partial charge in [0.15, 0.2) is 11.0 Å². The van der Waals surface area contributed by atoms with Crippen molar-refractivity contribution in [2.75, 3.05) is 5.75 Å². The predicted octanol–water partition coefficient (Wildman–Crippen LogP) is 3.53. The smallest absolute Gasteiger partial charge is 0.233 e. The Balaban J connectivity index is 2.13. The van der Waals surface area contributed by atoms with E-state index in [9.17, 15) is 4.79 Å². The highest BCUT2D eigenvalue weighted by atomic mass is 32.2. The van der Waals surface area contributed by atoms with Gasteiger partial charge >= 0.3 is 0 Å². The monoisotopic (exact) mass is 346 g/mol. The van der Waals surface area contributed by atoms with Gasteiger partial charge in [0.1, 0.15) is 0 Å². The summed E-state index contributed by atoms with van der Waals surface area (Å²) in [5.74, 6) is 1.33. The number of carbonyl (C=O) groups excluding carboxylic acids is 1. The molecule has 1 aromatic carbocycles. The normalized spacial score (nSPS) is 11.3. The average molecular weight is 347 g/mol. The Morgan fingerprint density at radius 3 is 2.38 bits per heavy atom. The van der Waals surface area contributed by atoms with Gasteiger partial charge < -0.3 is 9.47 Å². The zero-order valence-corrected chi connectivity index (χ0v) is 16.1. The van der Waals surface area contributed by atoms with E-state index in [1.54, 1.807) is 0 Å². The van der Waals surface area contributed by atoms with Crippen molar-refractivity contribution in [3.05, 3.63) is 29.8 Å². The molecule has 5 nitrogen and oxygen atoms in total. The molecule has 0 saturated carbocycles. The van der Waals surface area contributed by atoms with Crippen LogP contribution in [-0.4, -0.2) is 43.4 Å². The summed E-state index contributed by atoms with van der Waals surface area (Å²) in [6.07, 6.45) is 0. The van der Waals surface area contributed by atoms with E-state index in [1.807, 2.05) is 62.4 Å². The Morgan fingerprint density at radius 2 is 1.79 bits per heavy atom. The number of hydrogen-bond donors (Lipinski definition) is 0. The molecule has 2 aromatic rings. The summed E-state index contributed by atoms with van der Waals surface area (Å²) >= 11 is 1.44. The van der Waals surface area contributed by atoms with Crippen molar-refractivity contribution in [3.8, 4) is 11.4 Å². The van der Waals surface area contributed by atoms with Crippen molar-refractivity contribution in [2.24, 2.45) is 7.05 Å². The quantitative estimate of drug-likeness (QED) is 0.751. The minimum atomic E-state index is 0.130. The molecule has 1 heterocycles. The van der Waals surface area contributed by atoms with Crippen molar-refractivity contribution < 1.29 is 4.79 Å². The first kappa shape index (κ1) is 18.5. The van der Waals surface area contributed by atoms with Gasteiger partial charge in [0.25, 0.3) is 0 Å². The van der Waals surface area contributed by atoms with Crippen LogP contribution in [0.3, 0.4) is 0 Å². The highest BCUT2D eigenvalue weighted by Crippen LogP contribution is 2.25. The zero-order valence-electron chi connectivity index (χ0n) is 15.3. The molecule has 6 heteroatoms. The van der Waals surface area contributed by atoms with E-state index < -0.39 is 0 Å². The maximum Gasteiger partial charge on any atom is 0.233 e. The molecule has 24 heavy (non-hydrogen) atoms. The van der Waals surface area contributed by atoms with Crippen LogP contribution >= 0.6 is 11.8 Å². The van der Waals surface area contributed by atoms with Gasteiger partial charge in [-0.3, -0.25) is 4.79 Å². The molecular weight excluding hydrogens is 320 g/mol. The topological polar surface area (TPSA) is 51.0 Å². The molecule has 2 rings (SSSR count). The Kier molecular flexibility index (Phi) is 6.04. The van der Waals surface area contributed by atoms with Crippen molar-refractivity contribution in [1.29, 1.82) is 0 Å². The summed E-state index contributed by atoms with van der Waals surface area (Å²) in [5.41, 5.74) is 2.23. The lowest BCUT2D eigenvalue weighted by Crippen LogP contribution is -2.43. The molecule has 0 aliphatic carbocycles. The number of rotatable bonds is 6. The van der Waals surface area contributed by atoms with E-state index in [-0.39, 0.29) is 18.0 Å². The molecule has 0 fully saturated rings. The second-order valence-corrected chi connectivity index (χ2v) is 7.40. The van der Waals surface area contributed by atoms with E-state index in [0.29, 0.717) is 5.75 Å². The zero-order chi connectivity index (χ0) is 17.9. The molecule has 0 radical (unpaired) electrons. The molecule has 0 atom stereocenters. The fourth-order valence-corrected chi connectivity index (χ4v) is 3.65. The molecule has 1 aromatic heterocycles. The number of thioether (sulfide) groups is 1. The lowest BCUT2D eigenvalue weighted by molar-refractivity contribution is -0.131. The van der Waals surface area contributed by atoms with Crippen LogP contribution in [0.4, 0.5) is 0 Å². The lowest BCUT2D eigenvalue weighted by atomic mass is 10.1. The van der Waals surface area contributed by atoms with Crippen LogP contribution in [0.5, 0.6) is 0 Å². The van der Waals surface area contributed by atoms with Gasteiger partial charge in [-0.25, -0.2) is 0 Å². The van der Waals surface area contributed by atoms with Crippen molar-refractivity contribution in [3.63, 3.8) is 0 Å². The molecular formula is C18H26N4OS. The second-order valence-electron chi connectivity index (χ2n) is 6.46. The molecule has 0 spiro atoms. The van der Waals surface area contributed by atoms with Gasteiger partial charge in [-0.2, -0.15) is 0 Å². The Labute approximate surface area is 148 Å². The fourth-order valence-electron chi connectivity index (χ4n) is 2.87. The van der Waals surface area contributed by atoms with Crippen LogP contribution in [0.2, 0.25) is 0 Å². The molecule has 0 unspecified atom stereocenters. The maximum atomic E-state index is 12.5. The SMILES string of the molecule is Cc1ccccc1-c1nnc(SCC(=O)N(C(C)C)C(C)C)n1C. The number of amides is 1. The van der Waals surface area contributed by atoms with Gasteiger partial charge in [-0.1, -0.05) is 36.0 Å². The van der Waals surface area contributed by atoms with E-state index >= 15 is 0 Å². The van der Waals surface area contributed by atoms with E-state index in [1.165, 1.54) is 11.8 Å². The number of aromatic nitrogens is 3. The lowest BCUT2D eigenvalue weighted by Gasteiger charge is -2.30. The third kappa shape index (κ3) is 3.98. The third-order valence-corrected chi connectivity index (χ3v) is 4.95. The van der Waals surface area contributed by atoms with Crippen LogP contribution < -0.4 is 0 Å². The first-order valence-electron chi connectivity index (χ1n) is 8.22. The van der Waals surface area contributed by atoms with Crippen molar-refractivity contribution >= 4 is 17.7 Å². The standard InChI is InChI=1S/C18H26N4OS/c1-12(2)22(13(3)4)16(23)11-24-18-20-19-17(21(18)6)15-10-8-7-9-14(15)5/h7-10,12-13H,11H2,1-6H3. The number of aryl methyl sites for hydroxylation is 1. The Bertz CT molecular complexity index is 701. The summed E-state index contributed by atoms with van der Waals surface area (Å²) in [4.78, 5) is 14.4. The predicted molar refractivity (Wildman–Crippen MR) is 99.0 cm³/mol. The molecule has 0 aliphatic rings. The highest BCUT2D eigenvalue weighted by molar-refractivity contribution is 7.99. The molecule has 130 valence electrons. The number of hydrogen-bond acceptors (Lipinski definition) is 4. The van der Waals surface area contributed by atoms with Gasteiger partial charge in [-0.15, -0.1) is 10.2 Å². The third-order valence-electron chi connectivity index (χ3n) is 3.95. The molecule has 0 N–H and O–H groups in total. The average Bonchev–Trinajstić information content (AvgIpc) is 2.86. The number of nitrogens with zero attached hydrogens (tertiary/aromatic N) is 4. The van der Waals surface area contributed by atoms with Gasteiger partial charge in [0.2, 0.25) is 5.91 Å². The van der Waals surface area contributed by atoms with Crippen LogP contribution in [0.15, 0.2) is 29.4 Å². The summed E-state index contributed by atoms with van der Waals surface area (Å²) in [7, 11) is 1.94. The van der Waals surface area contributed by atoms with Crippen LogP contribution in [-0.2, 0) is 11.8 Å². The molecule has 0 saturated heterocycles. The maximum absolute atomic E-state index is 12.5. The summed E-state index contributed by atoms with van der Waals surface area (Å²) in [6, 6.07) is 8.49. The van der Waals surface area contributed by atoms with E-state index in [0.717, 1.165) is 22.1 Å². The van der Waals surface area contributed by atoms with Gasteiger partial charge in [-0.05, 0) is 40.2 Å². The Morgan fingerprint density at radius 1 is 1.17 bits per heavy atom. The minimum absolute atomic E-state index is 0.130. The second kappa shape index (κ2) is 7.83. The van der Waals surface area contributed by atoms with Crippen LogP contribution in [0.25, 0.3) is 11.4 Å². The van der Waals surface area contributed by atoms with Gasteiger partial charge in [0.05, 0.1) is 5.75 Å². The van der Waals surface area contributed by atoms with Gasteiger partial charge in [0, 0.05) is 24.7 Å². The highest BCUT2D eigenvalue weighted by Gasteiger charge is 2.21. The summed E-state index contributed by atoms with van der Waals surface area (Å²) in [5, 5.41) is 9.32. The number of benzene rings is 1. The minimum Gasteiger partial charge on any atom is -0.337 e. The number of carbonyl (C=O) groups is 1. The van der Waals surface area contributed by atoms with E-state index in [4.69, 9.17) is 0 Å². The molecule has 0 aliphatic heterocycles. The van der Waals surface area contributed by atoms with Crippen molar-refractivity contribution in [2.45, 2.75) is 51.9 Å². The van der Waals surface area contributed by atoms with Crippen LogP contribution in [0.1, 0.15) is 33.3 Å². The fraction of sp³-hybridized carbons (Fsp3) is 0.500. The first-order chi connectivity index (χ1) is 11.3. The largest absolute Gasteiger partial charge is 0.337 e. The Hall–Kier alpha value is -1.82. The van der Waals surface area contributed by atoms with Crippen LogP contribution in [0, 0.1) is 6.92 Å². The molecule has 0 bridgehead atoms. The summed E-state index contributed by atoms with van der Waals surface area (Å²) < 4.78 is 1.95. The van der Waals surface area contributed by atoms with Crippen molar-refractivity contribution in [1.82, 2.24) is 19.7 Å².